The van der Waals surface area contributed by atoms with Crippen molar-refractivity contribution in [3.8, 4) is 0 Å². The van der Waals surface area contributed by atoms with Crippen LogP contribution in [0.3, 0.4) is 0 Å². The van der Waals surface area contributed by atoms with Crippen LogP contribution in [0.1, 0.15) is 37.1 Å². The van der Waals surface area contributed by atoms with E-state index >= 15 is 0 Å². The summed E-state index contributed by atoms with van der Waals surface area (Å²) in [6.07, 6.45) is 4.97. The van der Waals surface area contributed by atoms with Crippen molar-refractivity contribution in [2.75, 3.05) is 6.54 Å². The Morgan fingerprint density at radius 1 is 1.48 bits per heavy atom. The third kappa shape index (κ3) is 3.16. The van der Waals surface area contributed by atoms with Crippen LogP contribution in [0.2, 0.25) is 0 Å². The summed E-state index contributed by atoms with van der Waals surface area (Å²) in [5.41, 5.74) is 2.10. The normalized spacial score (nSPS) is 27.1. The number of carbonyl (C=O) groups excluding carboxylic acids is 1. The van der Waals surface area contributed by atoms with Crippen molar-refractivity contribution in [1.29, 1.82) is 0 Å². The van der Waals surface area contributed by atoms with Crippen molar-refractivity contribution in [2.24, 2.45) is 5.92 Å². The maximum atomic E-state index is 13.5. The highest BCUT2D eigenvalue weighted by Gasteiger charge is 2.43. The van der Waals surface area contributed by atoms with Crippen LogP contribution < -0.4 is 10.6 Å². The summed E-state index contributed by atoms with van der Waals surface area (Å²) in [6, 6.07) is -0.326. The Morgan fingerprint density at radius 3 is 3.10 bits per heavy atom. The van der Waals surface area contributed by atoms with Gasteiger partial charge in [0.1, 0.15) is 0 Å². The lowest BCUT2D eigenvalue weighted by atomic mass is 9.96. The number of aromatic nitrogens is 2. The van der Waals surface area contributed by atoms with Crippen LogP contribution in [0.5, 0.6) is 0 Å². The van der Waals surface area contributed by atoms with Crippen molar-refractivity contribution >= 4 is 6.03 Å². The first-order chi connectivity index (χ1) is 10.0. The quantitative estimate of drug-likeness (QED) is 0.799. The molecule has 0 spiro atoms. The second kappa shape index (κ2) is 5.61. The highest BCUT2D eigenvalue weighted by Crippen LogP contribution is 2.39. The van der Waals surface area contributed by atoms with E-state index in [1.54, 1.807) is 6.33 Å². The fourth-order valence-electron chi connectivity index (χ4n) is 3.23. The molecule has 3 N–H and O–H groups in total. The van der Waals surface area contributed by atoms with E-state index < -0.39 is 11.8 Å². The number of carbonyl (C=O) groups is 1. The van der Waals surface area contributed by atoms with Gasteiger partial charge >= 0.3 is 6.03 Å². The Bertz CT molecular complexity index is 517. The molecule has 0 bridgehead atoms. The Morgan fingerprint density at radius 2 is 2.33 bits per heavy atom. The predicted octanol–water partition coefficient (Wildman–Crippen LogP) is 2.00. The van der Waals surface area contributed by atoms with E-state index in [9.17, 15) is 13.6 Å². The zero-order valence-electron chi connectivity index (χ0n) is 11.8. The number of urea groups is 1. The maximum absolute atomic E-state index is 13.5. The number of H-pyrrole nitrogens is 1. The van der Waals surface area contributed by atoms with Crippen LogP contribution in [0.4, 0.5) is 13.6 Å². The molecule has 2 amide bonds. The summed E-state index contributed by atoms with van der Waals surface area (Å²) >= 11 is 0. The van der Waals surface area contributed by atoms with Gasteiger partial charge in [0, 0.05) is 37.0 Å². The number of hydrogen-bond donors (Lipinski definition) is 3. The lowest BCUT2D eigenvalue weighted by molar-refractivity contribution is -0.0349. The molecule has 1 heterocycles. The molecule has 3 rings (SSSR count). The first-order valence-electron chi connectivity index (χ1n) is 7.48. The van der Waals surface area contributed by atoms with Gasteiger partial charge in [-0.2, -0.15) is 0 Å². The van der Waals surface area contributed by atoms with Crippen LogP contribution in [0.25, 0.3) is 0 Å². The minimum atomic E-state index is -2.64. The highest BCUT2D eigenvalue weighted by molar-refractivity contribution is 5.74. The maximum Gasteiger partial charge on any atom is 0.315 e. The molecule has 5 nitrogen and oxygen atoms in total. The molecule has 1 fully saturated rings. The molecule has 0 aromatic carbocycles. The highest BCUT2D eigenvalue weighted by atomic mass is 19.3. The van der Waals surface area contributed by atoms with Gasteiger partial charge in [-0.1, -0.05) is 0 Å². The first kappa shape index (κ1) is 14.3. The average molecular weight is 298 g/mol. The summed E-state index contributed by atoms with van der Waals surface area (Å²) in [6.45, 7) is 0.0425. The van der Waals surface area contributed by atoms with Gasteiger partial charge in [0.05, 0.1) is 12.0 Å². The standard InChI is InChI=1S/C14H20F2N4O/c15-14(16)5-1-2-9(14)7-17-13(21)20-10-3-4-11-12(6-10)19-8-18-11/h8-10H,1-7H2,(H,18,19)(H2,17,20,21). The topological polar surface area (TPSA) is 69.8 Å². The van der Waals surface area contributed by atoms with Crippen LogP contribution in [-0.4, -0.2) is 34.5 Å². The minimum Gasteiger partial charge on any atom is -0.348 e. The van der Waals surface area contributed by atoms with Gasteiger partial charge in [-0.3, -0.25) is 0 Å². The molecule has 2 aliphatic carbocycles. The molecule has 0 saturated heterocycles. The van der Waals surface area contributed by atoms with Crippen molar-refractivity contribution < 1.29 is 13.6 Å². The molecule has 1 aromatic heterocycles. The number of fused-ring (bicyclic) bond motifs is 1. The number of halogens is 2. The number of alkyl halides is 2. The molecule has 116 valence electrons. The largest absolute Gasteiger partial charge is 0.348 e. The van der Waals surface area contributed by atoms with Crippen LogP contribution in [0, 0.1) is 5.92 Å². The number of amides is 2. The number of aryl methyl sites for hydroxylation is 1. The Hall–Kier alpha value is -1.66. The van der Waals surface area contributed by atoms with Crippen LogP contribution in [0.15, 0.2) is 6.33 Å². The molecule has 2 unspecified atom stereocenters. The Kier molecular flexibility index (Phi) is 3.82. The van der Waals surface area contributed by atoms with Crippen LogP contribution >= 0.6 is 0 Å². The average Bonchev–Trinajstić information content (AvgIpc) is 3.01. The molecule has 0 aliphatic heterocycles. The Balaban J connectivity index is 1.45. The van der Waals surface area contributed by atoms with E-state index in [4.69, 9.17) is 0 Å². The summed E-state index contributed by atoms with van der Waals surface area (Å²) in [5.74, 6) is -3.36. The monoisotopic (exact) mass is 298 g/mol. The molecule has 2 aliphatic rings. The van der Waals surface area contributed by atoms with E-state index in [0.29, 0.717) is 19.3 Å². The van der Waals surface area contributed by atoms with Gasteiger partial charge in [0.15, 0.2) is 0 Å². The molecular weight excluding hydrogens is 278 g/mol. The summed E-state index contributed by atoms with van der Waals surface area (Å²) in [4.78, 5) is 19.1. The van der Waals surface area contributed by atoms with Crippen molar-refractivity contribution in [3.05, 3.63) is 17.7 Å². The molecule has 0 radical (unpaired) electrons. The Labute approximate surface area is 121 Å². The van der Waals surface area contributed by atoms with Gasteiger partial charge in [-0.05, 0) is 25.7 Å². The number of nitrogens with one attached hydrogen (secondary N) is 3. The van der Waals surface area contributed by atoms with Crippen molar-refractivity contribution in [3.63, 3.8) is 0 Å². The number of hydrogen-bond acceptors (Lipinski definition) is 2. The molecular formula is C14H20F2N4O. The number of aromatic amines is 1. The second-order valence-electron chi connectivity index (χ2n) is 5.97. The molecule has 1 saturated carbocycles. The third-order valence-electron chi connectivity index (χ3n) is 4.49. The van der Waals surface area contributed by atoms with Gasteiger partial charge in [0.25, 0.3) is 5.92 Å². The van der Waals surface area contributed by atoms with Gasteiger partial charge in [0.2, 0.25) is 0 Å². The molecule has 7 heteroatoms. The smallest absolute Gasteiger partial charge is 0.315 e. The number of nitrogens with zero attached hydrogens (tertiary/aromatic N) is 1. The summed E-state index contributed by atoms with van der Waals surface area (Å²) in [7, 11) is 0. The predicted molar refractivity (Wildman–Crippen MR) is 73.2 cm³/mol. The van der Waals surface area contributed by atoms with E-state index in [0.717, 1.165) is 24.2 Å². The zero-order chi connectivity index (χ0) is 14.9. The lowest BCUT2D eigenvalue weighted by Crippen LogP contribution is -2.46. The van der Waals surface area contributed by atoms with Crippen molar-refractivity contribution in [2.45, 2.75) is 50.5 Å². The zero-order valence-corrected chi connectivity index (χ0v) is 11.8. The van der Waals surface area contributed by atoms with E-state index in [-0.39, 0.29) is 25.0 Å². The van der Waals surface area contributed by atoms with E-state index in [1.807, 2.05) is 0 Å². The fourth-order valence-corrected chi connectivity index (χ4v) is 3.23. The summed E-state index contributed by atoms with van der Waals surface area (Å²) < 4.78 is 26.9. The SMILES string of the molecule is O=C(NCC1CCCC1(F)F)NC1CCc2nc[nH]c2C1. The number of imidazole rings is 1. The second-order valence-corrected chi connectivity index (χ2v) is 5.97. The van der Waals surface area contributed by atoms with Crippen molar-refractivity contribution in [1.82, 2.24) is 20.6 Å². The number of rotatable bonds is 3. The van der Waals surface area contributed by atoms with Gasteiger partial charge in [-0.15, -0.1) is 0 Å². The van der Waals surface area contributed by atoms with Gasteiger partial charge in [-0.25, -0.2) is 18.6 Å². The minimum absolute atomic E-state index is 0.0297. The van der Waals surface area contributed by atoms with E-state index in [2.05, 4.69) is 20.6 Å². The van der Waals surface area contributed by atoms with E-state index in [1.165, 1.54) is 0 Å². The third-order valence-corrected chi connectivity index (χ3v) is 4.49. The molecule has 21 heavy (non-hydrogen) atoms. The van der Waals surface area contributed by atoms with Gasteiger partial charge < -0.3 is 15.6 Å². The molecule has 1 aromatic rings. The molecule has 2 atom stereocenters. The summed E-state index contributed by atoms with van der Waals surface area (Å²) in [5, 5.41) is 5.45. The lowest BCUT2D eigenvalue weighted by Gasteiger charge is -2.24. The fraction of sp³-hybridized carbons (Fsp3) is 0.714. The first-order valence-corrected chi connectivity index (χ1v) is 7.48. The van der Waals surface area contributed by atoms with Crippen LogP contribution in [-0.2, 0) is 12.8 Å².